The van der Waals surface area contributed by atoms with E-state index in [-0.39, 0.29) is 10.6 Å². The first kappa shape index (κ1) is 18.1. The lowest BCUT2D eigenvalue weighted by Crippen LogP contribution is -2.30. The molecule has 1 aliphatic rings. The van der Waals surface area contributed by atoms with Gasteiger partial charge in [0.15, 0.2) is 0 Å². The maximum atomic E-state index is 10.9. The number of hydrogen-bond acceptors (Lipinski definition) is 5. The maximum absolute atomic E-state index is 10.9. The van der Waals surface area contributed by atoms with Crippen molar-refractivity contribution >= 4 is 5.69 Å². The van der Waals surface area contributed by atoms with Gasteiger partial charge in [0.25, 0.3) is 5.69 Å². The van der Waals surface area contributed by atoms with Crippen LogP contribution in [0, 0.1) is 21.4 Å². The van der Waals surface area contributed by atoms with Crippen LogP contribution in [-0.4, -0.2) is 40.9 Å². The molecule has 6 heteroatoms. The second-order valence-electron chi connectivity index (χ2n) is 6.64. The fourth-order valence-corrected chi connectivity index (χ4v) is 3.31. The highest BCUT2D eigenvalue weighted by Gasteiger charge is 2.16. The highest BCUT2D eigenvalue weighted by atomic mass is 16.6. The molecule has 1 aliphatic heterocycles. The number of benzene rings is 2. The molecule has 26 heavy (non-hydrogen) atoms. The minimum Gasteiger partial charge on any atom is -0.298 e. The van der Waals surface area contributed by atoms with Gasteiger partial charge in [0.05, 0.1) is 16.6 Å². The molecule has 0 aromatic heterocycles. The lowest BCUT2D eigenvalue weighted by molar-refractivity contribution is -0.384. The van der Waals surface area contributed by atoms with E-state index < -0.39 is 0 Å². The first-order valence-corrected chi connectivity index (χ1v) is 8.81. The quantitative estimate of drug-likeness (QED) is 0.612. The van der Waals surface area contributed by atoms with Crippen LogP contribution < -0.4 is 0 Å². The monoisotopic (exact) mass is 350 g/mol. The molecule has 2 aromatic rings. The fraction of sp³-hybridized carbons (Fsp3) is 0.350. The smallest absolute Gasteiger partial charge is 0.269 e. The zero-order valence-electron chi connectivity index (χ0n) is 14.7. The molecule has 0 amide bonds. The molecular formula is C20H22N4O2. The van der Waals surface area contributed by atoms with Gasteiger partial charge in [-0.2, -0.15) is 5.26 Å². The third-order valence-corrected chi connectivity index (χ3v) is 4.70. The summed E-state index contributed by atoms with van der Waals surface area (Å²) in [5.74, 6) is 0. The van der Waals surface area contributed by atoms with E-state index in [2.05, 4.69) is 15.9 Å². The Kier molecular flexibility index (Phi) is 5.95. The molecule has 1 heterocycles. The van der Waals surface area contributed by atoms with Crippen molar-refractivity contribution in [3.63, 3.8) is 0 Å². The van der Waals surface area contributed by atoms with Gasteiger partial charge < -0.3 is 0 Å². The molecule has 1 fully saturated rings. The van der Waals surface area contributed by atoms with Crippen LogP contribution in [0.4, 0.5) is 5.69 Å². The molecule has 0 aliphatic carbocycles. The van der Waals surface area contributed by atoms with Gasteiger partial charge in [0, 0.05) is 38.3 Å². The van der Waals surface area contributed by atoms with Gasteiger partial charge in [-0.15, -0.1) is 0 Å². The summed E-state index contributed by atoms with van der Waals surface area (Å²) < 4.78 is 0. The summed E-state index contributed by atoms with van der Waals surface area (Å²) in [5.41, 5.74) is 3.04. The van der Waals surface area contributed by atoms with Crippen LogP contribution in [0.25, 0.3) is 0 Å². The lowest BCUT2D eigenvalue weighted by atomic mass is 10.1. The van der Waals surface area contributed by atoms with Gasteiger partial charge in [0.1, 0.15) is 0 Å². The fourth-order valence-electron chi connectivity index (χ4n) is 3.31. The van der Waals surface area contributed by atoms with Crippen molar-refractivity contribution in [2.75, 3.05) is 26.2 Å². The van der Waals surface area contributed by atoms with E-state index >= 15 is 0 Å². The van der Waals surface area contributed by atoms with Crippen molar-refractivity contribution in [1.29, 1.82) is 5.26 Å². The van der Waals surface area contributed by atoms with Crippen molar-refractivity contribution in [2.45, 2.75) is 19.5 Å². The maximum Gasteiger partial charge on any atom is 0.269 e. The molecule has 0 atom stereocenters. The first-order chi connectivity index (χ1) is 12.6. The topological polar surface area (TPSA) is 73.4 Å². The predicted molar refractivity (Wildman–Crippen MR) is 99.4 cm³/mol. The van der Waals surface area contributed by atoms with E-state index in [0.29, 0.717) is 5.56 Å². The van der Waals surface area contributed by atoms with Gasteiger partial charge in [-0.25, -0.2) is 0 Å². The van der Waals surface area contributed by atoms with Crippen LogP contribution in [-0.2, 0) is 13.1 Å². The summed E-state index contributed by atoms with van der Waals surface area (Å²) in [7, 11) is 0. The molecule has 134 valence electrons. The molecule has 6 nitrogen and oxygen atoms in total. The van der Waals surface area contributed by atoms with E-state index in [1.807, 2.05) is 30.3 Å². The van der Waals surface area contributed by atoms with Crippen molar-refractivity contribution < 1.29 is 4.92 Å². The van der Waals surface area contributed by atoms with Crippen LogP contribution >= 0.6 is 0 Å². The highest BCUT2D eigenvalue weighted by Crippen LogP contribution is 2.16. The van der Waals surface area contributed by atoms with Gasteiger partial charge >= 0.3 is 0 Å². The van der Waals surface area contributed by atoms with E-state index in [4.69, 9.17) is 5.26 Å². The molecule has 0 spiro atoms. The second-order valence-corrected chi connectivity index (χ2v) is 6.64. The Hall–Kier alpha value is -2.75. The van der Waals surface area contributed by atoms with Crippen LogP contribution in [0.15, 0.2) is 48.5 Å². The molecule has 0 radical (unpaired) electrons. The Bertz CT molecular complexity index is 798. The average Bonchev–Trinajstić information content (AvgIpc) is 2.88. The Morgan fingerprint density at radius 2 is 1.62 bits per heavy atom. The molecule has 0 N–H and O–H groups in total. The van der Waals surface area contributed by atoms with E-state index in [1.165, 1.54) is 11.6 Å². The number of rotatable bonds is 5. The van der Waals surface area contributed by atoms with Gasteiger partial charge in [-0.3, -0.25) is 19.9 Å². The number of nitro groups is 1. The Morgan fingerprint density at radius 3 is 2.23 bits per heavy atom. The van der Waals surface area contributed by atoms with Crippen LogP contribution in [0.1, 0.15) is 23.1 Å². The Morgan fingerprint density at radius 1 is 0.962 bits per heavy atom. The van der Waals surface area contributed by atoms with Gasteiger partial charge in [0.2, 0.25) is 0 Å². The standard InChI is InChI=1S/C20H22N4O2/c21-14-17-5-7-18(8-6-17)15-22-9-2-10-23(12-11-22)16-19-3-1-4-20(13-19)24(25)26/h1,3-8,13H,2,9-12,15-16H2. The van der Waals surface area contributed by atoms with Crippen molar-refractivity contribution in [1.82, 2.24) is 9.80 Å². The Balaban J connectivity index is 1.55. The first-order valence-electron chi connectivity index (χ1n) is 8.81. The minimum atomic E-state index is -0.342. The van der Waals surface area contributed by atoms with Crippen LogP contribution in [0.2, 0.25) is 0 Å². The highest BCUT2D eigenvalue weighted by molar-refractivity contribution is 5.34. The number of nitriles is 1. The van der Waals surface area contributed by atoms with Crippen molar-refractivity contribution in [3.8, 4) is 6.07 Å². The zero-order chi connectivity index (χ0) is 18.4. The molecule has 0 bridgehead atoms. The molecule has 3 rings (SSSR count). The van der Waals surface area contributed by atoms with Crippen molar-refractivity contribution in [2.24, 2.45) is 0 Å². The van der Waals surface area contributed by atoms with Crippen LogP contribution in [0.3, 0.4) is 0 Å². The molecular weight excluding hydrogens is 328 g/mol. The number of nitrogens with zero attached hydrogens (tertiary/aromatic N) is 4. The van der Waals surface area contributed by atoms with Gasteiger partial charge in [-0.1, -0.05) is 24.3 Å². The summed E-state index contributed by atoms with van der Waals surface area (Å²) in [4.78, 5) is 15.4. The van der Waals surface area contributed by atoms with E-state index in [1.54, 1.807) is 12.1 Å². The number of hydrogen-bond donors (Lipinski definition) is 0. The zero-order valence-corrected chi connectivity index (χ0v) is 14.7. The third kappa shape index (κ3) is 4.88. The largest absolute Gasteiger partial charge is 0.298 e. The molecule has 0 saturated carbocycles. The summed E-state index contributed by atoms with van der Waals surface area (Å²) in [5, 5.41) is 19.8. The molecule has 2 aromatic carbocycles. The van der Waals surface area contributed by atoms with E-state index in [9.17, 15) is 10.1 Å². The SMILES string of the molecule is N#Cc1ccc(CN2CCCN(Cc3cccc([N+](=O)[O-])c3)CC2)cc1. The summed E-state index contributed by atoms with van der Waals surface area (Å²) >= 11 is 0. The number of nitro benzene ring substituents is 1. The molecule has 1 saturated heterocycles. The third-order valence-electron chi connectivity index (χ3n) is 4.70. The van der Waals surface area contributed by atoms with Gasteiger partial charge in [-0.05, 0) is 42.8 Å². The van der Waals surface area contributed by atoms with Crippen LogP contribution in [0.5, 0.6) is 0 Å². The average molecular weight is 350 g/mol. The lowest BCUT2D eigenvalue weighted by Gasteiger charge is -2.22. The normalized spacial score (nSPS) is 16.0. The summed E-state index contributed by atoms with van der Waals surface area (Å²) in [6.45, 7) is 5.56. The summed E-state index contributed by atoms with van der Waals surface area (Å²) in [6, 6.07) is 16.8. The second kappa shape index (κ2) is 8.56. The number of non-ortho nitro benzene ring substituents is 1. The van der Waals surface area contributed by atoms with E-state index in [0.717, 1.165) is 51.3 Å². The molecule has 0 unspecified atom stereocenters. The predicted octanol–water partition coefficient (Wildman–Crippen LogP) is 3.17. The summed E-state index contributed by atoms with van der Waals surface area (Å²) in [6.07, 6.45) is 1.07. The minimum absolute atomic E-state index is 0.153. The van der Waals surface area contributed by atoms with Crippen molar-refractivity contribution in [3.05, 3.63) is 75.3 Å². The Labute approximate surface area is 153 Å².